The number of anilines is 1. The van der Waals surface area contributed by atoms with E-state index < -0.39 is 11.7 Å². The highest BCUT2D eigenvalue weighted by molar-refractivity contribution is 9.10. The highest BCUT2D eigenvalue weighted by atomic mass is 79.9. The predicted octanol–water partition coefficient (Wildman–Crippen LogP) is 4.16. The Bertz CT molecular complexity index is 420. The molecular formula is C11H13BrClNO3. The van der Waals surface area contributed by atoms with Gasteiger partial charge in [-0.3, -0.25) is 5.32 Å². The molecule has 0 fully saturated rings. The Labute approximate surface area is 113 Å². The Morgan fingerprint density at radius 1 is 1.47 bits per heavy atom. The van der Waals surface area contributed by atoms with Crippen LogP contribution in [0.3, 0.4) is 0 Å². The van der Waals surface area contributed by atoms with Crippen LogP contribution < -0.4 is 5.32 Å². The smallest absolute Gasteiger partial charge is 0.412 e. The lowest BCUT2D eigenvalue weighted by Gasteiger charge is -2.20. The van der Waals surface area contributed by atoms with Gasteiger partial charge in [0.1, 0.15) is 17.0 Å². The van der Waals surface area contributed by atoms with Crippen molar-refractivity contribution < 1.29 is 14.6 Å². The monoisotopic (exact) mass is 321 g/mol. The first-order valence-electron chi connectivity index (χ1n) is 4.87. The van der Waals surface area contributed by atoms with E-state index in [1.54, 1.807) is 26.8 Å². The lowest BCUT2D eigenvalue weighted by molar-refractivity contribution is 0.0635. The first kappa shape index (κ1) is 14.1. The highest BCUT2D eigenvalue weighted by Crippen LogP contribution is 2.35. The standard InChI is InChI=1S/C11H13BrClNO3/c1-11(2,3)17-10(16)14-9-7(13)4-6(12)5-8(9)15/h4-5,15H,1-3H3,(H,14,16). The zero-order valence-corrected chi connectivity index (χ0v) is 12.0. The van der Waals surface area contributed by atoms with Crippen LogP contribution >= 0.6 is 27.5 Å². The van der Waals surface area contributed by atoms with E-state index >= 15 is 0 Å². The maximum atomic E-state index is 11.5. The fourth-order valence-electron chi connectivity index (χ4n) is 1.09. The van der Waals surface area contributed by atoms with Crippen molar-refractivity contribution in [3.8, 4) is 5.75 Å². The SMILES string of the molecule is CC(C)(C)OC(=O)Nc1c(O)cc(Br)cc1Cl. The van der Waals surface area contributed by atoms with Gasteiger partial charge >= 0.3 is 6.09 Å². The molecule has 0 bridgehead atoms. The second-order valence-electron chi connectivity index (χ2n) is 4.41. The average Bonchev–Trinajstić information content (AvgIpc) is 2.08. The van der Waals surface area contributed by atoms with Crippen molar-refractivity contribution >= 4 is 39.3 Å². The number of halogens is 2. The van der Waals surface area contributed by atoms with Gasteiger partial charge in [0.25, 0.3) is 0 Å². The molecule has 0 unspecified atom stereocenters. The predicted molar refractivity (Wildman–Crippen MR) is 70.7 cm³/mol. The summed E-state index contributed by atoms with van der Waals surface area (Å²) in [7, 11) is 0. The molecule has 0 aliphatic carbocycles. The van der Waals surface area contributed by atoms with E-state index in [4.69, 9.17) is 16.3 Å². The molecule has 94 valence electrons. The van der Waals surface area contributed by atoms with Gasteiger partial charge in [-0.2, -0.15) is 0 Å². The van der Waals surface area contributed by atoms with Crippen LogP contribution in [0.2, 0.25) is 5.02 Å². The Hall–Kier alpha value is -0.940. The van der Waals surface area contributed by atoms with E-state index in [1.165, 1.54) is 6.07 Å². The molecule has 0 saturated heterocycles. The second kappa shape index (κ2) is 5.14. The number of carbonyl (C=O) groups excluding carboxylic acids is 1. The Morgan fingerprint density at radius 2 is 2.06 bits per heavy atom. The summed E-state index contributed by atoms with van der Waals surface area (Å²) < 4.78 is 5.67. The molecule has 1 rings (SSSR count). The summed E-state index contributed by atoms with van der Waals surface area (Å²) in [6.07, 6.45) is -0.669. The minimum atomic E-state index is -0.669. The van der Waals surface area contributed by atoms with Crippen molar-refractivity contribution in [2.24, 2.45) is 0 Å². The number of ether oxygens (including phenoxy) is 1. The minimum absolute atomic E-state index is 0.129. The highest BCUT2D eigenvalue weighted by Gasteiger charge is 2.18. The van der Waals surface area contributed by atoms with Crippen molar-refractivity contribution in [2.75, 3.05) is 5.32 Å². The first-order valence-corrected chi connectivity index (χ1v) is 6.04. The van der Waals surface area contributed by atoms with Gasteiger partial charge in [-0.15, -0.1) is 0 Å². The number of benzene rings is 1. The van der Waals surface area contributed by atoms with Crippen LogP contribution in [-0.2, 0) is 4.74 Å². The largest absolute Gasteiger partial charge is 0.506 e. The maximum Gasteiger partial charge on any atom is 0.412 e. The van der Waals surface area contributed by atoms with E-state index in [2.05, 4.69) is 21.2 Å². The van der Waals surface area contributed by atoms with Gasteiger partial charge in [-0.25, -0.2) is 4.79 Å². The maximum absolute atomic E-state index is 11.5. The van der Waals surface area contributed by atoms with Gasteiger partial charge in [-0.05, 0) is 32.9 Å². The number of phenols is 1. The molecule has 0 aromatic heterocycles. The molecule has 1 amide bonds. The van der Waals surface area contributed by atoms with Gasteiger partial charge < -0.3 is 9.84 Å². The molecule has 2 N–H and O–H groups in total. The number of phenolic OH excluding ortho intramolecular Hbond substituents is 1. The average molecular weight is 323 g/mol. The number of carbonyl (C=O) groups is 1. The third-order valence-corrected chi connectivity index (χ3v) is 2.42. The molecule has 1 aromatic rings. The summed E-state index contributed by atoms with van der Waals surface area (Å²) >= 11 is 9.06. The Kier molecular flexibility index (Phi) is 4.27. The Balaban J connectivity index is 2.86. The summed E-state index contributed by atoms with van der Waals surface area (Å²) in [5.74, 6) is -0.129. The molecule has 0 heterocycles. The molecule has 0 spiro atoms. The minimum Gasteiger partial charge on any atom is -0.506 e. The van der Waals surface area contributed by atoms with Gasteiger partial charge in [-0.1, -0.05) is 27.5 Å². The van der Waals surface area contributed by atoms with E-state index in [1.807, 2.05) is 0 Å². The number of aromatic hydroxyl groups is 1. The third-order valence-electron chi connectivity index (χ3n) is 1.66. The molecule has 1 aromatic carbocycles. The summed E-state index contributed by atoms with van der Waals surface area (Å²) in [4.78, 5) is 11.5. The first-order chi connectivity index (χ1) is 7.69. The van der Waals surface area contributed by atoms with Crippen LogP contribution in [0.25, 0.3) is 0 Å². The second-order valence-corrected chi connectivity index (χ2v) is 5.73. The molecule has 17 heavy (non-hydrogen) atoms. The fourth-order valence-corrected chi connectivity index (χ4v) is 1.93. The van der Waals surface area contributed by atoms with E-state index in [9.17, 15) is 9.90 Å². The zero-order chi connectivity index (χ0) is 13.2. The summed E-state index contributed by atoms with van der Waals surface area (Å²) in [5.41, 5.74) is -0.481. The molecule has 0 aliphatic heterocycles. The van der Waals surface area contributed by atoms with Gasteiger partial charge in [0.15, 0.2) is 0 Å². The number of nitrogens with one attached hydrogen (secondary N) is 1. The third kappa shape index (κ3) is 4.44. The van der Waals surface area contributed by atoms with Crippen molar-refractivity contribution in [3.63, 3.8) is 0 Å². The number of amides is 1. The molecule has 6 heteroatoms. The van der Waals surface area contributed by atoms with Gasteiger partial charge in [0.05, 0.1) is 5.02 Å². The summed E-state index contributed by atoms with van der Waals surface area (Å²) in [6, 6.07) is 2.99. The van der Waals surface area contributed by atoms with E-state index in [0.717, 1.165) is 0 Å². The van der Waals surface area contributed by atoms with Crippen LogP contribution in [0.4, 0.5) is 10.5 Å². The van der Waals surface area contributed by atoms with Gasteiger partial charge in [0, 0.05) is 4.47 Å². The number of hydrogen-bond donors (Lipinski definition) is 2. The van der Waals surface area contributed by atoms with Crippen molar-refractivity contribution in [1.82, 2.24) is 0 Å². The quantitative estimate of drug-likeness (QED) is 0.763. The van der Waals surface area contributed by atoms with Gasteiger partial charge in [0.2, 0.25) is 0 Å². The van der Waals surface area contributed by atoms with Crippen LogP contribution in [0.5, 0.6) is 5.75 Å². The van der Waals surface area contributed by atoms with Crippen LogP contribution in [0.1, 0.15) is 20.8 Å². The normalized spacial score (nSPS) is 11.1. The van der Waals surface area contributed by atoms with E-state index in [0.29, 0.717) is 4.47 Å². The van der Waals surface area contributed by atoms with Crippen molar-refractivity contribution in [3.05, 3.63) is 21.6 Å². The zero-order valence-electron chi connectivity index (χ0n) is 9.67. The lowest BCUT2D eigenvalue weighted by Crippen LogP contribution is -2.27. The van der Waals surface area contributed by atoms with Crippen molar-refractivity contribution in [1.29, 1.82) is 0 Å². The topological polar surface area (TPSA) is 58.6 Å². The summed E-state index contributed by atoms with van der Waals surface area (Å²) in [5, 5.41) is 12.3. The van der Waals surface area contributed by atoms with Crippen LogP contribution in [0.15, 0.2) is 16.6 Å². The molecule has 0 radical (unpaired) electrons. The van der Waals surface area contributed by atoms with Crippen LogP contribution in [-0.4, -0.2) is 16.8 Å². The number of rotatable bonds is 1. The molecular weight excluding hydrogens is 309 g/mol. The van der Waals surface area contributed by atoms with Crippen molar-refractivity contribution in [2.45, 2.75) is 26.4 Å². The Morgan fingerprint density at radius 3 is 2.53 bits per heavy atom. The number of hydrogen-bond acceptors (Lipinski definition) is 3. The molecule has 0 aliphatic rings. The molecule has 4 nitrogen and oxygen atoms in total. The molecule has 0 saturated carbocycles. The molecule has 0 atom stereocenters. The lowest BCUT2D eigenvalue weighted by atomic mass is 10.2. The summed E-state index contributed by atoms with van der Waals surface area (Å²) in [6.45, 7) is 5.24. The fraction of sp³-hybridized carbons (Fsp3) is 0.364. The van der Waals surface area contributed by atoms with Crippen LogP contribution in [0, 0.1) is 0 Å². The van der Waals surface area contributed by atoms with E-state index in [-0.39, 0.29) is 16.5 Å².